The monoisotopic (exact) mass is 434 g/mol. The Hall–Kier alpha value is -1.47. The molecule has 0 amide bonds. The molecule has 0 aliphatic carbocycles. The van der Waals surface area contributed by atoms with Gasteiger partial charge in [-0.15, -0.1) is 0 Å². The highest BCUT2D eigenvalue weighted by Crippen LogP contribution is 2.24. The molecule has 160 valence electrons. The molecule has 29 heavy (non-hydrogen) atoms. The van der Waals surface area contributed by atoms with Crippen molar-refractivity contribution in [3.8, 4) is 5.75 Å². The zero-order valence-electron chi connectivity index (χ0n) is 18.3. The van der Waals surface area contributed by atoms with E-state index >= 15 is 0 Å². The zero-order chi connectivity index (χ0) is 21.3. The second-order valence-corrected chi connectivity index (χ2v) is 9.53. The van der Waals surface area contributed by atoms with Gasteiger partial charge in [0.05, 0.1) is 6.61 Å². The van der Waals surface area contributed by atoms with E-state index in [0.29, 0.717) is 5.17 Å². The number of thiocarbonyl (C=S) groups is 1. The highest BCUT2D eigenvalue weighted by Gasteiger charge is 2.14. The van der Waals surface area contributed by atoms with Crippen LogP contribution in [0.5, 0.6) is 5.75 Å². The summed E-state index contributed by atoms with van der Waals surface area (Å²) in [6, 6.07) is 10.3. The predicted octanol–water partition coefficient (Wildman–Crippen LogP) is 5.18. The van der Waals surface area contributed by atoms with Gasteiger partial charge < -0.3 is 14.4 Å². The third-order valence-electron chi connectivity index (χ3n) is 4.67. The molecule has 1 aromatic carbocycles. The molecular weight excluding hydrogens is 400 g/mol. The third-order valence-corrected chi connectivity index (χ3v) is 5.80. The SMILES string of the molecule is CN(CCOCCCN(C)C(=S)Oc1ccc(C(C)(C)C)cc1)Cc1ccsc1. The summed E-state index contributed by atoms with van der Waals surface area (Å²) in [5.41, 5.74) is 2.78. The first-order valence-corrected chi connectivity index (χ1v) is 11.4. The molecule has 0 atom stereocenters. The van der Waals surface area contributed by atoms with Crippen LogP contribution in [0, 0.1) is 0 Å². The number of likely N-dealkylation sites (N-methyl/N-ethyl adjacent to an activating group) is 1. The van der Waals surface area contributed by atoms with Gasteiger partial charge in [0.15, 0.2) is 0 Å². The van der Waals surface area contributed by atoms with Crippen molar-refractivity contribution in [2.45, 2.75) is 39.2 Å². The van der Waals surface area contributed by atoms with Crippen LogP contribution in [0.1, 0.15) is 38.3 Å². The maximum absolute atomic E-state index is 5.81. The fourth-order valence-electron chi connectivity index (χ4n) is 2.79. The molecule has 0 fully saturated rings. The maximum atomic E-state index is 5.81. The standard InChI is InChI=1S/C23H34N2O2S2/c1-23(2,3)20-7-9-21(10-8-20)27-22(28)25(5)12-6-14-26-15-13-24(4)17-19-11-16-29-18-19/h7-11,16,18H,6,12-15,17H2,1-5H3. The van der Waals surface area contributed by atoms with E-state index in [9.17, 15) is 0 Å². The third kappa shape index (κ3) is 8.83. The molecular formula is C23H34N2O2S2. The van der Waals surface area contributed by atoms with Crippen molar-refractivity contribution < 1.29 is 9.47 Å². The van der Waals surface area contributed by atoms with Crippen LogP contribution in [-0.2, 0) is 16.7 Å². The summed E-state index contributed by atoms with van der Waals surface area (Å²) in [5.74, 6) is 0.778. The lowest BCUT2D eigenvalue weighted by molar-refractivity contribution is 0.105. The van der Waals surface area contributed by atoms with Crippen molar-refractivity contribution in [2.75, 3.05) is 40.4 Å². The van der Waals surface area contributed by atoms with Crippen molar-refractivity contribution in [2.24, 2.45) is 0 Å². The van der Waals surface area contributed by atoms with Gasteiger partial charge in [0.25, 0.3) is 5.17 Å². The molecule has 2 aromatic rings. The van der Waals surface area contributed by atoms with Crippen LogP contribution in [0.3, 0.4) is 0 Å². The summed E-state index contributed by atoms with van der Waals surface area (Å²) in [7, 11) is 4.08. The summed E-state index contributed by atoms with van der Waals surface area (Å²) >= 11 is 7.15. The smallest absolute Gasteiger partial charge is 0.264 e. The van der Waals surface area contributed by atoms with Crippen LogP contribution in [0.2, 0.25) is 0 Å². The summed E-state index contributed by atoms with van der Waals surface area (Å²) in [5, 5.41) is 4.80. The fourth-order valence-corrected chi connectivity index (χ4v) is 3.64. The minimum Gasteiger partial charge on any atom is -0.432 e. The van der Waals surface area contributed by atoms with Crippen LogP contribution in [0.25, 0.3) is 0 Å². The Morgan fingerprint density at radius 2 is 1.76 bits per heavy atom. The molecule has 0 aliphatic rings. The van der Waals surface area contributed by atoms with Crippen molar-refractivity contribution in [1.29, 1.82) is 0 Å². The van der Waals surface area contributed by atoms with E-state index in [1.807, 2.05) is 24.1 Å². The summed E-state index contributed by atoms with van der Waals surface area (Å²) in [6.45, 7) is 10.8. The van der Waals surface area contributed by atoms with Crippen LogP contribution < -0.4 is 4.74 Å². The van der Waals surface area contributed by atoms with E-state index in [2.05, 4.69) is 61.7 Å². The molecule has 1 heterocycles. The molecule has 0 aliphatic heterocycles. The largest absolute Gasteiger partial charge is 0.432 e. The van der Waals surface area contributed by atoms with E-state index in [4.69, 9.17) is 21.7 Å². The van der Waals surface area contributed by atoms with E-state index in [-0.39, 0.29) is 5.41 Å². The van der Waals surface area contributed by atoms with Gasteiger partial charge >= 0.3 is 0 Å². The minimum atomic E-state index is 0.133. The van der Waals surface area contributed by atoms with Gasteiger partial charge in [-0.2, -0.15) is 11.3 Å². The van der Waals surface area contributed by atoms with Gasteiger partial charge in [0.2, 0.25) is 0 Å². The van der Waals surface area contributed by atoms with E-state index in [0.717, 1.165) is 45.0 Å². The van der Waals surface area contributed by atoms with E-state index in [1.54, 1.807) is 11.3 Å². The van der Waals surface area contributed by atoms with E-state index in [1.165, 1.54) is 11.1 Å². The first kappa shape index (κ1) is 23.8. The number of hydrogen-bond acceptors (Lipinski definition) is 5. The lowest BCUT2D eigenvalue weighted by atomic mass is 9.87. The second-order valence-electron chi connectivity index (χ2n) is 8.40. The Bertz CT molecular complexity index is 724. The number of rotatable bonds is 10. The molecule has 4 nitrogen and oxygen atoms in total. The molecule has 0 bridgehead atoms. The van der Waals surface area contributed by atoms with Crippen molar-refractivity contribution in [3.05, 3.63) is 52.2 Å². The number of ether oxygens (including phenoxy) is 2. The first-order chi connectivity index (χ1) is 13.8. The maximum Gasteiger partial charge on any atom is 0.264 e. The lowest BCUT2D eigenvalue weighted by Gasteiger charge is -2.21. The second kappa shape index (κ2) is 11.6. The van der Waals surface area contributed by atoms with Crippen LogP contribution in [-0.4, -0.2) is 55.4 Å². The topological polar surface area (TPSA) is 24.9 Å². The minimum absolute atomic E-state index is 0.133. The number of nitrogens with zero attached hydrogens (tertiary/aromatic N) is 2. The highest BCUT2D eigenvalue weighted by molar-refractivity contribution is 7.80. The molecule has 0 unspecified atom stereocenters. The van der Waals surface area contributed by atoms with Gasteiger partial charge in [0.1, 0.15) is 5.75 Å². The van der Waals surface area contributed by atoms with Crippen molar-refractivity contribution >= 4 is 28.7 Å². The Morgan fingerprint density at radius 1 is 1.03 bits per heavy atom. The predicted molar refractivity (Wildman–Crippen MR) is 127 cm³/mol. The van der Waals surface area contributed by atoms with Crippen molar-refractivity contribution in [3.63, 3.8) is 0 Å². The van der Waals surface area contributed by atoms with Gasteiger partial charge in [-0.05, 0) is 71.2 Å². The average molecular weight is 435 g/mol. The van der Waals surface area contributed by atoms with Crippen LogP contribution in [0.15, 0.2) is 41.1 Å². The molecule has 0 spiro atoms. The molecule has 0 saturated heterocycles. The Morgan fingerprint density at radius 3 is 2.38 bits per heavy atom. The quantitative estimate of drug-likeness (QED) is 0.379. The molecule has 0 saturated carbocycles. The number of benzene rings is 1. The van der Waals surface area contributed by atoms with E-state index < -0.39 is 0 Å². The highest BCUT2D eigenvalue weighted by atomic mass is 32.1. The molecule has 6 heteroatoms. The summed E-state index contributed by atoms with van der Waals surface area (Å²) in [4.78, 5) is 4.24. The number of thiophene rings is 1. The van der Waals surface area contributed by atoms with Crippen LogP contribution >= 0.6 is 23.6 Å². The average Bonchev–Trinajstić information content (AvgIpc) is 3.17. The molecule has 2 rings (SSSR count). The summed E-state index contributed by atoms with van der Waals surface area (Å²) < 4.78 is 11.6. The Kier molecular flexibility index (Phi) is 9.56. The molecule has 1 aromatic heterocycles. The van der Waals surface area contributed by atoms with Crippen molar-refractivity contribution in [1.82, 2.24) is 9.80 Å². The molecule has 0 radical (unpaired) electrons. The lowest BCUT2D eigenvalue weighted by Crippen LogP contribution is -2.31. The fraction of sp³-hybridized carbons (Fsp3) is 0.522. The van der Waals surface area contributed by atoms with Gasteiger partial charge in [-0.25, -0.2) is 0 Å². The Labute approximate surface area is 185 Å². The first-order valence-electron chi connectivity index (χ1n) is 10.1. The number of hydrogen-bond donors (Lipinski definition) is 0. The molecule has 0 N–H and O–H groups in total. The van der Waals surface area contributed by atoms with Crippen LogP contribution in [0.4, 0.5) is 0 Å². The van der Waals surface area contributed by atoms with Gasteiger partial charge in [0, 0.05) is 33.3 Å². The summed E-state index contributed by atoms with van der Waals surface area (Å²) in [6.07, 6.45) is 0.914. The zero-order valence-corrected chi connectivity index (χ0v) is 19.9. The van der Waals surface area contributed by atoms with Gasteiger partial charge in [-0.3, -0.25) is 4.90 Å². The normalized spacial score (nSPS) is 11.7. The van der Waals surface area contributed by atoms with Gasteiger partial charge in [-0.1, -0.05) is 32.9 Å². The Balaban J connectivity index is 1.58.